The summed E-state index contributed by atoms with van der Waals surface area (Å²) in [6.45, 7) is 0. The van der Waals surface area contributed by atoms with Crippen molar-refractivity contribution in [1.29, 1.82) is 0 Å². The van der Waals surface area contributed by atoms with E-state index in [1.165, 1.54) is 12.0 Å². The van der Waals surface area contributed by atoms with Gasteiger partial charge in [0.25, 0.3) is 11.8 Å². The minimum absolute atomic E-state index is 0.0422. The zero-order chi connectivity index (χ0) is 28.7. The van der Waals surface area contributed by atoms with Crippen molar-refractivity contribution in [3.05, 3.63) is 32.9 Å². The van der Waals surface area contributed by atoms with E-state index in [1.807, 2.05) is 28.7 Å². The summed E-state index contributed by atoms with van der Waals surface area (Å²) in [6.07, 6.45) is 6.86. The zero-order valence-corrected chi connectivity index (χ0v) is 26.9. The molecule has 6 unspecified atom stereocenters. The first-order chi connectivity index (χ1) is 19.0. The number of hydrogen-bond donors (Lipinski definition) is 1. The molecule has 6 rings (SSSR count). The molecular formula is C28H28BrCl2IN2O6. The monoisotopic (exact) mass is 764 g/mol. The van der Waals surface area contributed by atoms with Crippen molar-refractivity contribution in [2.75, 3.05) is 12.6 Å². The summed E-state index contributed by atoms with van der Waals surface area (Å²) in [5, 5.41) is 10.5. The quantitative estimate of drug-likeness (QED) is 0.152. The summed E-state index contributed by atoms with van der Waals surface area (Å²) in [5.74, 6) is -4.20. The predicted molar refractivity (Wildman–Crippen MR) is 159 cm³/mol. The Morgan fingerprint density at radius 3 is 2.42 bits per heavy atom. The molecule has 6 atom stereocenters. The third-order valence-corrected chi connectivity index (χ3v) is 12.3. The number of alkyl halides is 3. The average molecular weight is 766 g/mol. The van der Waals surface area contributed by atoms with Crippen molar-refractivity contribution in [2.24, 2.45) is 17.8 Å². The normalized spacial score (nSPS) is 36.0. The fourth-order valence-electron chi connectivity index (χ4n) is 7.77. The van der Waals surface area contributed by atoms with E-state index in [4.69, 9.17) is 27.9 Å². The second-order valence-corrected chi connectivity index (χ2v) is 14.3. The number of nitrogens with zero attached hydrogens (tertiary/aromatic N) is 2. The van der Waals surface area contributed by atoms with Crippen molar-refractivity contribution < 1.29 is 29.0 Å². The number of fused-ring (bicyclic) bond motifs is 4. The van der Waals surface area contributed by atoms with Gasteiger partial charge in [0.05, 0.1) is 28.0 Å². The number of imide groups is 2. The molecule has 2 heterocycles. The molecule has 2 saturated carbocycles. The van der Waals surface area contributed by atoms with Crippen LogP contribution in [0.25, 0.3) is 0 Å². The molecule has 8 nitrogen and oxygen atoms in total. The molecule has 214 valence electrons. The van der Waals surface area contributed by atoms with Crippen LogP contribution >= 0.6 is 61.7 Å². The molecule has 2 aliphatic heterocycles. The number of hydrogen-bond acceptors (Lipinski definition) is 6. The third kappa shape index (κ3) is 3.73. The molecule has 4 fully saturated rings. The van der Waals surface area contributed by atoms with E-state index in [-0.39, 0.29) is 41.2 Å². The first kappa shape index (κ1) is 28.7. The highest BCUT2D eigenvalue weighted by Gasteiger charge is 2.76. The molecule has 0 bridgehead atoms. The Morgan fingerprint density at radius 2 is 1.77 bits per heavy atom. The maximum atomic E-state index is 14.1. The second-order valence-electron chi connectivity index (χ2n) is 11.4. The number of phenols is 1. The smallest absolute Gasteiger partial charge is 0.254 e. The number of methoxy groups -OCH3 is 1. The Hall–Kier alpha value is -1.37. The van der Waals surface area contributed by atoms with Gasteiger partial charge in [0.15, 0.2) is 21.2 Å². The van der Waals surface area contributed by atoms with Gasteiger partial charge in [-0.05, 0) is 71.9 Å². The molecule has 0 radical (unpaired) electrons. The van der Waals surface area contributed by atoms with Crippen LogP contribution in [-0.2, 0) is 19.2 Å². The van der Waals surface area contributed by atoms with Crippen LogP contribution in [-0.4, -0.2) is 66.9 Å². The van der Waals surface area contributed by atoms with Crippen LogP contribution in [0.2, 0.25) is 0 Å². The number of carbonyl (C=O) groups excluding carboxylic acids is 4. The minimum atomic E-state index is -1.89. The van der Waals surface area contributed by atoms with Gasteiger partial charge in [-0.2, -0.15) is 0 Å². The molecule has 4 amide bonds. The summed E-state index contributed by atoms with van der Waals surface area (Å²) in [4.78, 5) is 54.1. The lowest BCUT2D eigenvalue weighted by molar-refractivity contribution is -0.144. The fraction of sp³-hybridized carbons (Fsp3) is 0.571. The molecule has 1 aromatic carbocycles. The van der Waals surface area contributed by atoms with Crippen LogP contribution in [0.5, 0.6) is 11.5 Å². The van der Waals surface area contributed by atoms with Gasteiger partial charge in [-0.1, -0.05) is 46.8 Å². The highest BCUT2D eigenvalue weighted by atomic mass is 127. The van der Waals surface area contributed by atoms with Gasteiger partial charge in [-0.3, -0.25) is 29.0 Å². The summed E-state index contributed by atoms with van der Waals surface area (Å²) in [6, 6.07) is 3.19. The van der Waals surface area contributed by atoms with Crippen molar-refractivity contribution in [3.8, 4) is 11.5 Å². The summed E-state index contributed by atoms with van der Waals surface area (Å²) in [5.41, 5.74) is 1.17. The number of likely N-dealkylation sites (tertiary alicyclic amines) is 2. The van der Waals surface area contributed by atoms with E-state index >= 15 is 0 Å². The number of allylic oxidation sites excluding steroid dienone is 2. The van der Waals surface area contributed by atoms with Crippen LogP contribution in [0, 0.1) is 21.3 Å². The van der Waals surface area contributed by atoms with Crippen LogP contribution < -0.4 is 4.74 Å². The van der Waals surface area contributed by atoms with E-state index in [9.17, 15) is 24.3 Å². The lowest BCUT2D eigenvalue weighted by Gasteiger charge is -2.50. The van der Waals surface area contributed by atoms with Crippen molar-refractivity contribution in [1.82, 2.24) is 9.80 Å². The number of rotatable bonds is 4. The molecule has 1 N–H and O–H groups in total. The van der Waals surface area contributed by atoms with E-state index < -0.39 is 45.2 Å². The van der Waals surface area contributed by atoms with E-state index in [1.54, 1.807) is 12.1 Å². The SMILES string of the molecule is COc1cc(C2C3=CCC4C(=O)N(C5CCCCC5)C(=O)C4C3CC3(Cl)C(=O)N(CBr)C(=O)C23Cl)cc(I)c1O. The molecule has 5 aliphatic rings. The third-order valence-electron chi connectivity index (χ3n) is 9.59. The number of amides is 4. The minimum Gasteiger partial charge on any atom is -0.504 e. The van der Waals surface area contributed by atoms with Crippen LogP contribution in [0.3, 0.4) is 0 Å². The number of carbonyl (C=O) groups is 4. The number of phenolic OH excluding ortho intramolecular Hbond substituents is 1. The standard InChI is InChI=1S/C28H28BrCl2IN2O6/c1-40-19-10-13(9-18(32)22(19)35)21-15-7-8-16-20(24(37)34(23(16)36)14-5-3-2-4-6-14)17(15)11-27(30)25(38)33(12-29)26(39)28(21,27)31/h7,9-10,14,16-17,20-21,35H,2-6,8,11-12H2,1H3. The van der Waals surface area contributed by atoms with Gasteiger partial charge in [0.2, 0.25) is 11.8 Å². The second kappa shape index (κ2) is 10.1. The van der Waals surface area contributed by atoms with Crippen molar-refractivity contribution >= 4 is 85.4 Å². The molecule has 40 heavy (non-hydrogen) atoms. The average Bonchev–Trinajstić information content (AvgIpc) is 3.28. The number of benzene rings is 1. The fourth-order valence-corrected chi connectivity index (χ4v) is 9.82. The number of ether oxygens (including phenoxy) is 1. The van der Waals surface area contributed by atoms with Crippen molar-refractivity contribution in [3.63, 3.8) is 0 Å². The molecule has 1 aromatic rings. The summed E-state index contributed by atoms with van der Waals surface area (Å²) >= 11 is 19.8. The molecule has 2 saturated heterocycles. The van der Waals surface area contributed by atoms with Crippen molar-refractivity contribution in [2.45, 2.75) is 66.7 Å². The molecule has 12 heteroatoms. The highest BCUT2D eigenvalue weighted by Crippen LogP contribution is 2.66. The van der Waals surface area contributed by atoms with Gasteiger partial charge >= 0.3 is 0 Å². The Balaban J connectivity index is 1.52. The maximum Gasteiger partial charge on any atom is 0.254 e. The Labute approximate surface area is 264 Å². The van der Waals surface area contributed by atoms with E-state index in [0.29, 0.717) is 15.6 Å². The predicted octanol–water partition coefficient (Wildman–Crippen LogP) is 5.05. The Morgan fingerprint density at radius 1 is 1.07 bits per heavy atom. The van der Waals surface area contributed by atoms with E-state index in [0.717, 1.165) is 42.6 Å². The molecule has 0 spiro atoms. The van der Waals surface area contributed by atoms with Crippen LogP contribution in [0.1, 0.15) is 56.4 Å². The van der Waals surface area contributed by atoms with Gasteiger partial charge in [0, 0.05) is 12.0 Å². The Bertz CT molecular complexity index is 1370. The topological polar surface area (TPSA) is 104 Å². The van der Waals surface area contributed by atoms with Crippen LogP contribution in [0.15, 0.2) is 23.8 Å². The Kier molecular flexibility index (Phi) is 7.27. The largest absolute Gasteiger partial charge is 0.504 e. The first-order valence-electron chi connectivity index (χ1n) is 13.4. The van der Waals surface area contributed by atoms with Gasteiger partial charge in [-0.25, -0.2) is 0 Å². The van der Waals surface area contributed by atoms with E-state index in [2.05, 4.69) is 15.9 Å². The maximum absolute atomic E-state index is 14.1. The lowest BCUT2D eigenvalue weighted by Crippen LogP contribution is -2.60. The molecule has 3 aliphatic carbocycles. The highest BCUT2D eigenvalue weighted by molar-refractivity contribution is 14.1. The number of halogens is 4. The molecule has 0 aromatic heterocycles. The zero-order valence-electron chi connectivity index (χ0n) is 21.7. The lowest BCUT2D eigenvalue weighted by atomic mass is 9.56. The summed E-state index contributed by atoms with van der Waals surface area (Å²) < 4.78 is 5.88. The van der Waals surface area contributed by atoms with Gasteiger partial charge in [0.1, 0.15) is 0 Å². The van der Waals surface area contributed by atoms with Crippen LogP contribution in [0.4, 0.5) is 0 Å². The number of aromatic hydroxyl groups is 1. The summed E-state index contributed by atoms with van der Waals surface area (Å²) in [7, 11) is 1.42. The molecular weight excluding hydrogens is 738 g/mol. The van der Waals surface area contributed by atoms with Gasteiger partial charge in [-0.15, -0.1) is 23.2 Å². The van der Waals surface area contributed by atoms with Gasteiger partial charge < -0.3 is 9.84 Å². The first-order valence-corrected chi connectivity index (χ1v) is 16.4.